The van der Waals surface area contributed by atoms with Crippen LogP contribution in [0.5, 0.6) is 0 Å². The molecular weight excluding hydrogens is 361 g/mol. The average molecular weight is 401 g/mol. The third-order valence-corrected chi connectivity index (χ3v) is 10.7. The molecule has 0 aromatic carbocycles. The summed E-state index contributed by atoms with van der Waals surface area (Å²) in [6, 6.07) is 0. The molecule has 1 N–H and O–H groups in total. The third kappa shape index (κ3) is 2.82. The van der Waals surface area contributed by atoms with Crippen LogP contribution in [0, 0.1) is 46.3 Å². The first kappa shape index (κ1) is 21.0. The monoisotopic (exact) mass is 400 g/mol. The van der Waals surface area contributed by atoms with Gasteiger partial charge in [0.1, 0.15) is 0 Å². The first-order valence-corrected chi connectivity index (χ1v) is 11.8. The standard InChI is InChI=1S/C24H39F3O/c1-5-15(2)18-8-9-19-17-7-6-16-14-23(28,24(25,26)27)13-12-21(16,3)20(17)10-11-22(18,19)4/h15-20,28H,5-14H2,1-4H3/t15-,16+,17+,18-,19+,20+,21+,22-,23+/m1/s1. The average Bonchev–Trinajstić information content (AvgIpc) is 2.98. The molecule has 0 aromatic rings. The van der Waals surface area contributed by atoms with E-state index in [9.17, 15) is 18.3 Å². The molecular formula is C24H39F3O. The minimum absolute atomic E-state index is 0.0177. The predicted molar refractivity (Wildman–Crippen MR) is 106 cm³/mol. The Balaban J connectivity index is 1.57. The number of alkyl halides is 3. The molecule has 0 heterocycles. The lowest BCUT2D eigenvalue weighted by molar-refractivity contribution is -0.290. The third-order valence-electron chi connectivity index (χ3n) is 10.7. The molecule has 28 heavy (non-hydrogen) atoms. The van der Waals surface area contributed by atoms with Gasteiger partial charge in [-0.15, -0.1) is 0 Å². The molecule has 0 unspecified atom stereocenters. The van der Waals surface area contributed by atoms with Crippen molar-refractivity contribution in [1.82, 2.24) is 0 Å². The number of aliphatic hydroxyl groups is 1. The minimum Gasteiger partial charge on any atom is -0.380 e. The van der Waals surface area contributed by atoms with Crippen molar-refractivity contribution in [2.45, 2.75) is 104 Å². The predicted octanol–water partition coefficient (Wildman–Crippen LogP) is 6.98. The van der Waals surface area contributed by atoms with Gasteiger partial charge in [0.15, 0.2) is 5.60 Å². The van der Waals surface area contributed by atoms with Crippen LogP contribution in [0.25, 0.3) is 0 Å². The van der Waals surface area contributed by atoms with Gasteiger partial charge in [0.2, 0.25) is 0 Å². The largest absolute Gasteiger partial charge is 0.417 e. The van der Waals surface area contributed by atoms with Crippen LogP contribution < -0.4 is 0 Å². The number of rotatable bonds is 2. The fourth-order valence-corrected chi connectivity index (χ4v) is 8.76. The highest BCUT2D eigenvalue weighted by atomic mass is 19.4. The van der Waals surface area contributed by atoms with Gasteiger partial charge in [0.25, 0.3) is 0 Å². The van der Waals surface area contributed by atoms with E-state index in [2.05, 4.69) is 27.7 Å². The van der Waals surface area contributed by atoms with E-state index in [0.29, 0.717) is 23.7 Å². The minimum atomic E-state index is -4.49. The summed E-state index contributed by atoms with van der Waals surface area (Å²) in [5, 5.41) is 10.3. The molecule has 9 atom stereocenters. The molecule has 4 rings (SSSR count). The first-order chi connectivity index (χ1) is 13.0. The summed E-state index contributed by atoms with van der Waals surface area (Å²) in [6.45, 7) is 9.54. The lowest BCUT2D eigenvalue weighted by Gasteiger charge is -2.62. The van der Waals surface area contributed by atoms with Crippen LogP contribution in [-0.4, -0.2) is 16.9 Å². The van der Waals surface area contributed by atoms with Crippen LogP contribution in [0.3, 0.4) is 0 Å². The van der Waals surface area contributed by atoms with Crippen LogP contribution >= 0.6 is 0 Å². The van der Waals surface area contributed by atoms with Crippen molar-refractivity contribution >= 4 is 0 Å². The topological polar surface area (TPSA) is 20.2 Å². The van der Waals surface area contributed by atoms with E-state index in [1.165, 1.54) is 32.1 Å². The molecule has 162 valence electrons. The Hall–Kier alpha value is -0.250. The van der Waals surface area contributed by atoms with Crippen LogP contribution in [0.15, 0.2) is 0 Å². The van der Waals surface area contributed by atoms with Crippen LogP contribution in [0.4, 0.5) is 13.2 Å². The van der Waals surface area contributed by atoms with E-state index >= 15 is 0 Å². The Morgan fingerprint density at radius 2 is 1.61 bits per heavy atom. The molecule has 4 aliphatic carbocycles. The maximum absolute atomic E-state index is 13.5. The van der Waals surface area contributed by atoms with E-state index in [-0.39, 0.29) is 24.2 Å². The van der Waals surface area contributed by atoms with Gasteiger partial charge >= 0.3 is 6.18 Å². The summed E-state index contributed by atoms with van der Waals surface area (Å²) < 4.78 is 40.4. The van der Waals surface area contributed by atoms with Gasteiger partial charge in [-0.05, 0) is 104 Å². The molecule has 0 saturated heterocycles. The molecule has 4 saturated carbocycles. The Morgan fingerprint density at radius 1 is 0.929 bits per heavy atom. The molecule has 0 radical (unpaired) electrons. The van der Waals surface area contributed by atoms with E-state index in [4.69, 9.17) is 0 Å². The molecule has 0 bridgehead atoms. The van der Waals surface area contributed by atoms with Gasteiger partial charge < -0.3 is 5.11 Å². The second-order valence-corrected chi connectivity index (χ2v) is 11.5. The van der Waals surface area contributed by atoms with Gasteiger partial charge in [-0.3, -0.25) is 0 Å². The summed E-state index contributed by atoms with van der Waals surface area (Å²) in [4.78, 5) is 0. The molecule has 4 fully saturated rings. The number of hydrogen-bond donors (Lipinski definition) is 1. The van der Waals surface area contributed by atoms with Crippen molar-refractivity contribution in [2.24, 2.45) is 46.3 Å². The van der Waals surface area contributed by atoms with E-state index < -0.39 is 11.8 Å². The second-order valence-electron chi connectivity index (χ2n) is 11.5. The lowest BCUT2D eigenvalue weighted by atomic mass is 9.43. The van der Waals surface area contributed by atoms with Gasteiger partial charge in [0.05, 0.1) is 0 Å². The highest BCUT2D eigenvalue weighted by Crippen LogP contribution is 2.69. The van der Waals surface area contributed by atoms with Gasteiger partial charge in [-0.2, -0.15) is 13.2 Å². The fourth-order valence-electron chi connectivity index (χ4n) is 8.76. The zero-order chi connectivity index (χ0) is 20.5. The molecule has 4 heteroatoms. The quantitative estimate of drug-likeness (QED) is 0.530. The van der Waals surface area contributed by atoms with Gasteiger partial charge in [0, 0.05) is 0 Å². The summed E-state index contributed by atoms with van der Waals surface area (Å²) in [5.74, 6) is 3.60. The SMILES string of the molecule is CC[C@@H](C)[C@H]1CC[C@H]2[C@@H]3CC[C@H]4C[C@](O)(C(F)(F)F)CC[C@]4(C)[C@H]3CC[C@]12C. The summed E-state index contributed by atoms with van der Waals surface area (Å²) in [6.07, 6.45) is 4.14. The van der Waals surface area contributed by atoms with Crippen molar-refractivity contribution in [3.05, 3.63) is 0 Å². The van der Waals surface area contributed by atoms with E-state index in [1.54, 1.807) is 0 Å². The number of hydrogen-bond acceptors (Lipinski definition) is 1. The first-order valence-electron chi connectivity index (χ1n) is 11.8. The summed E-state index contributed by atoms with van der Waals surface area (Å²) in [7, 11) is 0. The summed E-state index contributed by atoms with van der Waals surface area (Å²) in [5.41, 5.74) is -2.04. The molecule has 4 aliphatic rings. The Kier molecular flexibility index (Phi) is 4.97. The Morgan fingerprint density at radius 3 is 2.25 bits per heavy atom. The normalized spacial score (nSPS) is 52.5. The molecule has 0 spiro atoms. The van der Waals surface area contributed by atoms with Gasteiger partial charge in [-0.1, -0.05) is 34.1 Å². The lowest BCUT2D eigenvalue weighted by Crippen LogP contribution is -2.59. The maximum Gasteiger partial charge on any atom is 0.417 e. The van der Waals surface area contributed by atoms with Crippen molar-refractivity contribution in [3.8, 4) is 0 Å². The van der Waals surface area contributed by atoms with Crippen molar-refractivity contribution < 1.29 is 18.3 Å². The fraction of sp³-hybridized carbons (Fsp3) is 1.00. The summed E-state index contributed by atoms with van der Waals surface area (Å²) >= 11 is 0. The molecule has 0 amide bonds. The number of halogens is 3. The van der Waals surface area contributed by atoms with E-state index in [0.717, 1.165) is 30.6 Å². The van der Waals surface area contributed by atoms with Crippen molar-refractivity contribution in [1.29, 1.82) is 0 Å². The molecule has 0 aromatic heterocycles. The van der Waals surface area contributed by atoms with Crippen LogP contribution in [0.1, 0.15) is 91.9 Å². The highest BCUT2D eigenvalue weighted by molar-refractivity contribution is 5.11. The Bertz CT molecular complexity index is 603. The van der Waals surface area contributed by atoms with Crippen LogP contribution in [0.2, 0.25) is 0 Å². The van der Waals surface area contributed by atoms with Crippen molar-refractivity contribution in [3.63, 3.8) is 0 Å². The van der Waals surface area contributed by atoms with E-state index in [1.807, 2.05) is 0 Å². The van der Waals surface area contributed by atoms with Gasteiger partial charge in [-0.25, -0.2) is 0 Å². The maximum atomic E-state index is 13.5. The number of fused-ring (bicyclic) bond motifs is 5. The highest BCUT2D eigenvalue weighted by Gasteiger charge is 2.65. The smallest absolute Gasteiger partial charge is 0.380 e. The Labute approximate surface area is 168 Å². The van der Waals surface area contributed by atoms with Crippen molar-refractivity contribution in [2.75, 3.05) is 0 Å². The molecule has 0 aliphatic heterocycles. The van der Waals surface area contributed by atoms with Crippen LogP contribution in [-0.2, 0) is 0 Å². The zero-order valence-corrected chi connectivity index (χ0v) is 18.1. The zero-order valence-electron chi connectivity index (χ0n) is 18.1. The second kappa shape index (κ2) is 6.62. The molecule has 1 nitrogen and oxygen atoms in total.